The van der Waals surface area contributed by atoms with Crippen molar-refractivity contribution >= 4 is 6.21 Å². The maximum Gasteiger partial charge on any atom is 0.142 e. The molecule has 64 valence electrons. The van der Waals surface area contributed by atoms with Crippen molar-refractivity contribution in [2.24, 2.45) is 5.16 Å². The summed E-state index contributed by atoms with van der Waals surface area (Å²) in [6.45, 7) is 2.06. The average Bonchev–Trinajstić information content (AvgIpc) is 2.05. The van der Waals surface area contributed by atoms with Crippen LogP contribution < -0.4 is 0 Å². The number of benzene rings is 1. The van der Waals surface area contributed by atoms with Gasteiger partial charge in [-0.25, -0.2) is 4.39 Å². The molecule has 0 spiro atoms. The quantitative estimate of drug-likeness (QED) is 0.500. The van der Waals surface area contributed by atoms with Gasteiger partial charge < -0.3 is 4.84 Å². The van der Waals surface area contributed by atoms with Crippen molar-refractivity contribution < 1.29 is 9.23 Å². The average molecular weight is 167 g/mol. The van der Waals surface area contributed by atoms with Gasteiger partial charge >= 0.3 is 0 Å². The smallest absolute Gasteiger partial charge is 0.142 e. The summed E-state index contributed by atoms with van der Waals surface area (Å²) in [7, 11) is 0. The summed E-state index contributed by atoms with van der Waals surface area (Å²) in [4.78, 5) is 4.83. The van der Waals surface area contributed by atoms with Gasteiger partial charge in [0.25, 0.3) is 0 Å². The Kier molecular flexibility index (Phi) is 3.26. The number of hydrogen-bond acceptors (Lipinski definition) is 2. The van der Waals surface area contributed by atoms with Crippen LogP contribution >= 0.6 is 0 Å². The van der Waals surface area contributed by atoms with Gasteiger partial charge in [0.05, 0.1) is 0 Å². The van der Waals surface area contributed by atoms with Gasteiger partial charge in [0.2, 0.25) is 0 Å². The first-order chi connectivity index (χ1) is 5.83. The van der Waals surface area contributed by atoms with E-state index in [0.29, 0.717) is 6.61 Å². The van der Waals surface area contributed by atoms with Crippen molar-refractivity contribution in [3.8, 4) is 0 Å². The minimum Gasteiger partial charge on any atom is -0.391 e. The SMILES string of the molecule is CC=NOCc1cccc(F)c1. The van der Waals surface area contributed by atoms with Gasteiger partial charge in [-0.05, 0) is 24.6 Å². The molecule has 0 atom stereocenters. The number of hydrogen-bond donors (Lipinski definition) is 0. The van der Waals surface area contributed by atoms with E-state index >= 15 is 0 Å². The number of rotatable bonds is 3. The molecule has 0 radical (unpaired) electrons. The second-order valence-electron chi connectivity index (χ2n) is 2.27. The van der Waals surface area contributed by atoms with Crippen LogP contribution in [0.15, 0.2) is 29.4 Å². The molecular formula is C9H10FNO. The molecule has 1 aromatic rings. The summed E-state index contributed by atoms with van der Waals surface area (Å²) in [6, 6.07) is 6.25. The van der Waals surface area contributed by atoms with Crippen LogP contribution in [0.25, 0.3) is 0 Å². The van der Waals surface area contributed by atoms with E-state index in [0.717, 1.165) is 5.56 Å². The predicted molar refractivity (Wildman–Crippen MR) is 45.4 cm³/mol. The van der Waals surface area contributed by atoms with Gasteiger partial charge in [-0.15, -0.1) is 0 Å². The van der Waals surface area contributed by atoms with Crippen LogP contribution in [0.2, 0.25) is 0 Å². The second-order valence-corrected chi connectivity index (χ2v) is 2.27. The van der Waals surface area contributed by atoms with Crippen LogP contribution in [0, 0.1) is 5.82 Å². The Bertz CT molecular complexity index is 273. The van der Waals surface area contributed by atoms with Crippen LogP contribution in [0.4, 0.5) is 4.39 Å². The van der Waals surface area contributed by atoms with Crippen molar-refractivity contribution in [1.82, 2.24) is 0 Å². The summed E-state index contributed by atoms with van der Waals surface area (Å²) in [5.41, 5.74) is 0.778. The molecule has 0 aliphatic heterocycles. The molecule has 0 amide bonds. The summed E-state index contributed by atoms with van der Waals surface area (Å²) >= 11 is 0. The molecule has 0 aliphatic carbocycles. The molecule has 0 N–H and O–H groups in total. The first-order valence-corrected chi connectivity index (χ1v) is 3.67. The Morgan fingerprint density at radius 3 is 3.08 bits per heavy atom. The molecular weight excluding hydrogens is 157 g/mol. The molecule has 0 aliphatic rings. The molecule has 12 heavy (non-hydrogen) atoms. The topological polar surface area (TPSA) is 21.6 Å². The third-order valence-electron chi connectivity index (χ3n) is 1.30. The first kappa shape index (κ1) is 8.71. The molecule has 0 aromatic heterocycles. The lowest BCUT2D eigenvalue weighted by molar-refractivity contribution is 0.131. The maximum absolute atomic E-state index is 12.6. The van der Waals surface area contributed by atoms with Gasteiger partial charge in [0, 0.05) is 6.21 Å². The fourth-order valence-electron chi connectivity index (χ4n) is 0.813. The normalized spacial score (nSPS) is 10.5. The lowest BCUT2D eigenvalue weighted by Gasteiger charge is -1.98. The summed E-state index contributed by atoms with van der Waals surface area (Å²) < 4.78 is 12.6. The Balaban J connectivity index is 2.52. The minimum atomic E-state index is -0.253. The molecule has 0 bridgehead atoms. The van der Waals surface area contributed by atoms with Crippen molar-refractivity contribution in [3.63, 3.8) is 0 Å². The molecule has 0 fully saturated rings. The molecule has 0 heterocycles. The highest BCUT2D eigenvalue weighted by molar-refractivity contribution is 5.52. The fraction of sp³-hybridized carbons (Fsp3) is 0.222. The van der Waals surface area contributed by atoms with Gasteiger partial charge in [0.15, 0.2) is 0 Å². The Labute approximate surface area is 70.7 Å². The van der Waals surface area contributed by atoms with E-state index in [1.807, 2.05) is 0 Å². The van der Waals surface area contributed by atoms with Crippen LogP contribution in [0.5, 0.6) is 0 Å². The van der Waals surface area contributed by atoms with Gasteiger partial charge in [-0.1, -0.05) is 17.3 Å². The maximum atomic E-state index is 12.6. The van der Waals surface area contributed by atoms with Gasteiger partial charge in [-0.3, -0.25) is 0 Å². The first-order valence-electron chi connectivity index (χ1n) is 3.67. The van der Waals surface area contributed by atoms with E-state index in [-0.39, 0.29) is 5.82 Å². The van der Waals surface area contributed by atoms with E-state index in [1.165, 1.54) is 12.1 Å². The highest BCUT2D eigenvalue weighted by Crippen LogP contribution is 2.04. The molecule has 3 heteroatoms. The predicted octanol–water partition coefficient (Wildman–Crippen LogP) is 2.35. The fourth-order valence-corrected chi connectivity index (χ4v) is 0.813. The zero-order valence-corrected chi connectivity index (χ0v) is 6.83. The van der Waals surface area contributed by atoms with Crippen LogP contribution in [-0.4, -0.2) is 6.21 Å². The third kappa shape index (κ3) is 2.70. The number of halogens is 1. The third-order valence-corrected chi connectivity index (χ3v) is 1.30. The van der Waals surface area contributed by atoms with Crippen LogP contribution in [0.1, 0.15) is 12.5 Å². The number of nitrogens with zero attached hydrogens (tertiary/aromatic N) is 1. The van der Waals surface area contributed by atoms with Crippen LogP contribution in [-0.2, 0) is 11.4 Å². The van der Waals surface area contributed by atoms with Crippen molar-refractivity contribution in [3.05, 3.63) is 35.6 Å². The Morgan fingerprint density at radius 2 is 2.42 bits per heavy atom. The largest absolute Gasteiger partial charge is 0.391 e. The molecule has 1 aromatic carbocycles. The minimum absolute atomic E-state index is 0.253. The van der Waals surface area contributed by atoms with Crippen molar-refractivity contribution in [1.29, 1.82) is 0 Å². The monoisotopic (exact) mass is 167 g/mol. The molecule has 0 unspecified atom stereocenters. The second kappa shape index (κ2) is 4.49. The van der Waals surface area contributed by atoms with Crippen molar-refractivity contribution in [2.75, 3.05) is 0 Å². The van der Waals surface area contributed by atoms with E-state index in [2.05, 4.69) is 5.16 Å². The van der Waals surface area contributed by atoms with Crippen molar-refractivity contribution in [2.45, 2.75) is 13.5 Å². The summed E-state index contributed by atoms with van der Waals surface area (Å²) in [5.74, 6) is -0.253. The van der Waals surface area contributed by atoms with E-state index < -0.39 is 0 Å². The molecule has 0 saturated heterocycles. The zero-order valence-electron chi connectivity index (χ0n) is 6.83. The highest BCUT2D eigenvalue weighted by atomic mass is 19.1. The van der Waals surface area contributed by atoms with Gasteiger partial charge in [0.1, 0.15) is 12.4 Å². The number of oxime groups is 1. The van der Waals surface area contributed by atoms with E-state index in [1.54, 1.807) is 25.3 Å². The summed E-state index contributed by atoms with van der Waals surface area (Å²) in [5, 5.41) is 3.55. The molecule has 0 saturated carbocycles. The lowest BCUT2D eigenvalue weighted by Crippen LogP contribution is -1.87. The Hall–Kier alpha value is -1.38. The van der Waals surface area contributed by atoms with Gasteiger partial charge in [-0.2, -0.15) is 0 Å². The highest BCUT2D eigenvalue weighted by Gasteiger charge is 1.93. The Morgan fingerprint density at radius 1 is 1.58 bits per heavy atom. The molecule has 2 nitrogen and oxygen atoms in total. The standard InChI is InChI=1S/C9H10FNO/c1-2-11-12-7-8-4-3-5-9(10)6-8/h2-6H,7H2,1H3. The molecule has 1 rings (SSSR count). The summed E-state index contributed by atoms with van der Waals surface area (Å²) in [6.07, 6.45) is 1.54. The van der Waals surface area contributed by atoms with E-state index in [4.69, 9.17) is 4.84 Å². The van der Waals surface area contributed by atoms with Crippen LogP contribution in [0.3, 0.4) is 0 Å². The zero-order chi connectivity index (χ0) is 8.81. The lowest BCUT2D eigenvalue weighted by atomic mass is 10.2. The van der Waals surface area contributed by atoms with E-state index in [9.17, 15) is 4.39 Å².